The summed E-state index contributed by atoms with van der Waals surface area (Å²) in [4.78, 5) is 18.3. The maximum atomic E-state index is 11.4. The molecule has 0 bridgehead atoms. The number of rotatable bonds is 1. The fourth-order valence-corrected chi connectivity index (χ4v) is 2.27. The van der Waals surface area contributed by atoms with Gasteiger partial charge >= 0.3 is 0 Å². The molecule has 0 atom stereocenters. The van der Waals surface area contributed by atoms with Crippen LogP contribution in [0.4, 0.5) is 0 Å². The Hall–Kier alpha value is -1.12. The Morgan fingerprint density at radius 3 is 2.79 bits per heavy atom. The average molecular weight is 192 g/mol. The van der Waals surface area contributed by atoms with Crippen molar-refractivity contribution in [3.8, 4) is 0 Å². The van der Waals surface area contributed by atoms with Crippen LogP contribution in [0.2, 0.25) is 0 Å². The quantitative estimate of drug-likeness (QED) is 0.740. The normalized spacial score (nSPS) is 18.4. The zero-order chi connectivity index (χ0) is 9.97. The monoisotopic (exact) mass is 192 g/mol. The van der Waals surface area contributed by atoms with Gasteiger partial charge in [-0.15, -0.1) is 0 Å². The van der Waals surface area contributed by atoms with Crippen molar-refractivity contribution in [1.29, 1.82) is 0 Å². The zero-order valence-corrected chi connectivity index (χ0v) is 8.55. The molecule has 1 N–H and O–H groups in total. The predicted octanol–water partition coefficient (Wildman–Crippen LogP) is 2.13. The van der Waals surface area contributed by atoms with E-state index in [4.69, 9.17) is 0 Å². The minimum absolute atomic E-state index is 0.0144. The Balaban J connectivity index is 2.30. The second kappa shape index (κ2) is 3.95. The maximum Gasteiger partial charge on any atom is 0.253 e. The summed E-state index contributed by atoms with van der Waals surface area (Å²) in [6.45, 7) is 1.87. The highest BCUT2D eigenvalue weighted by Gasteiger charge is 2.19. The molecule has 0 amide bonds. The first kappa shape index (κ1) is 9.44. The first-order valence-corrected chi connectivity index (χ1v) is 5.33. The van der Waals surface area contributed by atoms with Crippen LogP contribution < -0.4 is 5.56 Å². The van der Waals surface area contributed by atoms with Crippen LogP contribution in [0.1, 0.15) is 49.3 Å². The van der Waals surface area contributed by atoms with Gasteiger partial charge in [0.05, 0.1) is 12.0 Å². The van der Waals surface area contributed by atoms with Crippen LogP contribution in [-0.4, -0.2) is 9.97 Å². The van der Waals surface area contributed by atoms with Crippen LogP contribution in [0.15, 0.2) is 11.1 Å². The minimum atomic E-state index is 0.0144. The van der Waals surface area contributed by atoms with E-state index in [2.05, 4.69) is 9.97 Å². The fraction of sp³-hybridized carbons (Fsp3) is 0.636. The Bertz CT molecular complexity index is 364. The standard InChI is InChI=1S/C11H16N2O/c1-8-10(12-7-13-11(8)14)9-5-3-2-4-6-9/h7,9H,2-6H2,1H3,(H,12,13,14). The van der Waals surface area contributed by atoms with E-state index >= 15 is 0 Å². The maximum absolute atomic E-state index is 11.4. The number of hydrogen-bond donors (Lipinski definition) is 1. The molecule has 76 valence electrons. The van der Waals surface area contributed by atoms with E-state index in [-0.39, 0.29) is 5.56 Å². The molecule has 1 fully saturated rings. The van der Waals surface area contributed by atoms with Gasteiger partial charge in [0.15, 0.2) is 0 Å². The van der Waals surface area contributed by atoms with Crippen LogP contribution in [-0.2, 0) is 0 Å². The molecule has 0 saturated heterocycles. The topological polar surface area (TPSA) is 45.8 Å². The first-order chi connectivity index (χ1) is 6.79. The lowest BCUT2D eigenvalue weighted by Crippen LogP contribution is -2.17. The highest BCUT2D eigenvalue weighted by molar-refractivity contribution is 5.18. The van der Waals surface area contributed by atoms with Crippen molar-refractivity contribution in [2.45, 2.75) is 44.9 Å². The Labute approximate surface area is 83.6 Å². The summed E-state index contributed by atoms with van der Waals surface area (Å²) in [6, 6.07) is 0. The van der Waals surface area contributed by atoms with E-state index < -0.39 is 0 Å². The van der Waals surface area contributed by atoms with Gasteiger partial charge in [-0.25, -0.2) is 4.98 Å². The molecule has 0 unspecified atom stereocenters. The Morgan fingerprint density at radius 1 is 1.36 bits per heavy atom. The zero-order valence-electron chi connectivity index (χ0n) is 8.55. The Kier molecular flexibility index (Phi) is 2.66. The second-order valence-corrected chi connectivity index (χ2v) is 4.08. The summed E-state index contributed by atoms with van der Waals surface area (Å²) in [6.07, 6.45) is 7.80. The number of aromatic amines is 1. The number of hydrogen-bond acceptors (Lipinski definition) is 2. The third-order valence-electron chi connectivity index (χ3n) is 3.12. The minimum Gasteiger partial charge on any atom is -0.313 e. The molecule has 3 heteroatoms. The third-order valence-corrected chi connectivity index (χ3v) is 3.12. The number of nitrogens with zero attached hydrogens (tertiary/aromatic N) is 1. The third kappa shape index (κ3) is 1.72. The number of nitrogens with one attached hydrogen (secondary N) is 1. The summed E-state index contributed by atoms with van der Waals surface area (Å²) < 4.78 is 0. The van der Waals surface area contributed by atoms with Gasteiger partial charge in [0, 0.05) is 11.5 Å². The first-order valence-electron chi connectivity index (χ1n) is 5.33. The van der Waals surface area contributed by atoms with E-state index in [1.807, 2.05) is 6.92 Å². The van der Waals surface area contributed by atoms with Gasteiger partial charge in [-0.05, 0) is 19.8 Å². The van der Waals surface area contributed by atoms with E-state index in [1.54, 1.807) is 0 Å². The summed E-state index contributed by atoms with van der Waals surface area (Å²) in [5.74, 6) is 0.519. The second-order valence-electron chi connectivity index (χ2n) is 4.08. The van der Waals surface area contributed by atoms with Gasteiger partial charge in [0.1, 0.15) is 0 Å². The van der Waals surface area contributed by atoms with Gasteiger partial charge in [-0.2, -0.15) is 0 Å². The summed E-state index contributed by atoms with van der Waals surface area (Å²) in [7, 11) is 0. The van der Waals surface area contributed by atoms with Crippen molar-refractivity contribution in [3.63, 3.8) is 0 Å². The van der Waals surface area contributed by atoms with Gasteiger partial charge in [0.2, 0.25) is 0 Å². The van der Waals surface area contributed by atoms with Crippen LogP contribution >= 0.6 is 0 Å². The van der Waals surface area contributed by atoms with Crippen molar-refractivity contribution < 1.29 is 0 Å². The van der Waals surface area contributed by atoms with E-state index in [0.717, 1.165) is 11.3 Å². The molecule has 14 heavy (non-hydrogen) atoms. The van der Waals surface area contributed by atoms with Gasteiger partial charge < -0.3 is 4.98 Å². The number of H-pyrrole nitrogens is 1. The molecule has 1 heterocycles. The molecule has 3 nitrogen and oxygen atoms in total. The van der Waals surface area contributed by atoms with Crippen molar-refractivity contribution >= 4 is 0 Å². The molecule has 1 aromatic heterocycles. The smallest absolute Gasteiger partial charge is 0.253 e. The lowest BCUT2D eigenvalue weighted by molar-refractivity contribution is 0.434. The van der Waals surface area contributed by atoms with Crippen molar-refractivity contribution in [2.24, 2.45) is 0 Å². The van der Waals surface area contributed by atoms with Crippen molar-refractivity contribution in [2.75, 3.05) is 0 Å². The summed E-state index contributed by atoms with van der Waals surface area (Å²) in [5.41, 5.74) is 1.84. The fourth-order valence-electron chi connectivity index (χ4n) is 2.27. The molecule has 1 aliphatic carbocycles. The van der Waals surface area contributed by atoms with Gasteiger partial charge in [-0.1, -0.05) is 19.3 Å². The number of aromatic nitrogens is 2. The summed E-state index contributed by atoms with van der Waals surface area (Å²) in [5, 5.41) is 0. The average Bonchev–Trinajstić information content (AvgIpc) is 2.23. The Morgan fingerprint density at radius 2 is 2.07 bits per heavy atom. The largest absolute Gasteiger partial charge is 0.313 e. The van der Waals surface area contributed by atoms with Crippen molar-refractivity contribution in [1.82, 2.24) is 9.97 Å². The highest BCUT2D eigenvalue weighted by Crippen LogP contribution is 2.31. The molecular formula is C11H16N2O. The molecule has 0 spiro atoms. The highest BCUT2D eigenvalue weighted by atomic mass is 16.1. The van der Waals surface area contributed by atoms with E-state index in [9.17, 15) is 4.79 Å². The lowest BCUT2D eigenvalue weighted by atomic mass is 9.85. The van der Waals surface area contributed by atoms with Crippen LogP contribution in [0, 0.1) is 6.92 Å². The van der Waals surface area contributed by atoms with Gasteiger partial charge in [0.25, 0.3) is 5.56 Å². The van der Waals surface area contributed by atoms with Crippen LogP contribution in [0.25, 0.3) is 0 Å². The molecule has 1 aromatic rings. The lowest BCUT2D eigenvalue weighted by Gasteiger charge is -2.21. The molecule has 1 saturated carbocycles. The van der Waals surface area contributed by atoms with E-state index in [1.165, 1.54) is 38.4 Å². The van der Waals surface area contributed by atoms with Crippen molar-refractivity contribution in [3.05, 3.63) is 27.9 Å². The molecule has 1 aliphatic rings. The predicted molar refractivity (Wildman–Crippen MR) is 55.4 cm³/mol. The molecular weight excluding hydrogens is 176 g/mol. The summed E-state index contributed by atoms with van der Waals surface area (Å²) >= 11 is 0. The molecule has 0 aromatic carbocycles. The SMILES string of the molecule is Cc1c(C2CCCCC2)nc[nH]c1=O. The van der Waals surface area contributed by atoms with Crippen LogP contribution in [0.3, 0.4) is 0 Å². The van der Waals surface area contributed by atoms with E-state index in [0.29, 0.717) is 5.92 Å². The molecule has 2 rings (SSSR count). The molecule has 0 aliphatic heterocycles. The van der Waals surface area contributed by atoms with Crippen LogP contribution in [0.5, 0.6) is 0 Å². The van der Waals surface area contributed by atoms with Gasteiger partial charge in [-0.3, -0.25) is 4.79 Å². The molecule has 0 radical (unpaired) electrons.